The lowest BCUT2D eigenvalue weighted by Crippen LogP contribution is -2.64. The Morgan fingerprint density at radius 2 is 1.79 bits per heavy atom. The molecule has 3 nitrogen and oxygen atoms in total. The van der Waals surface area contributed by atoms with Gasteiger partial charge in [0.15, 0.2) is 0 Å². The number of ether oxygens (including phenoxy) is 1. The fraction of sp³-hybridized carbons (Fsp3) is 0.867. The number of hydrogen-bond acceptors (Lipinski definition) is 3. The second-order valence-electron chi connectivity index (χ2n) is 14.3. The summed E-state index contributed by atoms with van der Waals surface area (Å²) in [5, 5.41) is 21.0. The van der Waals surface area contributed by atoms with E-state index in [1.165, 1.54) is 25.7 Å². The predicted molar refractivity (Wildman–Crippen MR) is 134 cm³/mol. The average molecular weight is 457 g/mol. The zero-order valence-corrected chi connectivity index (χ0v) is 22.2. The molecule has 0 unspecified atom stereocenters. The van der Waals surface area contributed by atoms with Crippen LogP contribution < -0.4 is 0 Å². The molecule has 0 radical (unpaired) electrons. The van der Waals surface area contributed by atoms with Crippen molar-refractivity contribution in [3.8, 4) is 0 Å². The first-order valence-corrected chi connectivity index (χ1v) is 13.7. The lowest BCUT2D eigenvalue weighted by atomic mass is 9.38. The van der Waals surface area contributed by atoms with Crippen molar-refractivity contribution in [2.75, 3.05) is 6.61 Å². The maximum absolute atomic E-state index is 10.9. The lowest BCUT2D eigenvalue weighted by molar-refractivity contribution is -0.168. The quantitative estimate of drug-likeness (QED) is 0.488. The number of rotatable bonds is 4. The summed E-state index contributed by atoms with van der Waals surface area (Å²) < 4.78 is 6.82. The molecule has 5 rings (SSSR count). The Kier molecular flexibility index (Phi) is 5.25. The average Bonchev–Trinajstić information content (AvgIpc) is 3.11. The molecule has 1 spiro atoms. The standard InChI is InChI=1S/C30H48O3/c1-20(9-8-14-25(2,3)32)21-12-15-28(7)22-13-16-30-23(10-11-24(31)26(30,4)5)29(22,19-33-30)18-17-27(21,28)6/h8,13-14,16,20-24,31-32H,9-12,15,17-19H2,1-7H3/b14-8+/t20-,21-,22+,23+,24+,27-,28+,29+,30-/m0/s1. The zero-order chi connectivity index (χ0) is 24.1. The fourth-order valence-electron chi connectivity index (χ4n) is 9.93. The Labute approximate surface area is 202 Å². The summed E-state index contributed by atoms with van der Waals surface area (Å²) in [6.07, 6.45) is 17.1. The number of aliphatic hydroxyl groups excluding tert-OH is 1. The molecule has 186 valence electrons. The van der Waals surface area contributed by atoms with Crippen LogP contribution >= 0.6 is 0 Å². The smallest absolute Gasteiger partial charge is 0.0972 e. The van der Waals surface area contributed by atoms with Crippen LogP contribution in [-0.4, -0.2) is 34.1 Å². The molecule has 33 heavy (non-hydrogen) atoms. The first-order chi connectivity index (χ1) is 15.2. The maximum Gasteiger partial charge on any atom is 0.0972 e. The van der Waals surface area contributed by atoms with Crippen molar-refractivity contribution < 1.29 is 14.9 Å². The molecule has 3 saturated carbocycles. The van der Waals surface area contributed by atoms with Gasteiger partial charge in [-0.25, -0.2) is 0 Å². The van der Waals surface area contributed by atoms with Crippen LogP contribution in [0.3, 0.4) is 0 Å². The summed E-state index contributed by atoms with van der Waals surface area (Å²) in [6.45, 7) is 16.7. The Morgan fingerprint density at radius 3 is 2.48 bits per heavy atom. The van der Waals surface area contributed by atoms with E-state index in [-0.39, 0.29) is 22.5 Å². The van der Waals surface area contributed by atoms with Crippen LogP contribution in [0.25, 0.3) is 0 Å². The Balaban J connectivity index is 1.47. The van der Waals surface area contributed by atoms with Gasteiger partial charge in [-0.2, -0.15) is 0 Å². The molecule has 0 aromatic heterocycles. The van der Waals surface area contributed by atoms with Gasteiger partial charge in [-0.1, -0.05) is 58.9 Å². The van der Waals surface area contributed by atoms with Gasteiger partial charge in [-0.3, -0.25) is 0 Å². The van der Waals surface area contributed by atoms with E-state index in [0.717, 1.165) is 31.8 Å². The van der Waals surface area contributed by atoms with E-state index < -0.39 is 5.60 Å². The summed E-state index contributed by atoms with van der Waals surface area (Å²) >= 11 is 0. The van der Waals surface area contributed by atoms with Crippen LogP contribution in [0.15, 0.2) is 24.3 Å². The van der Waals surface area contributed by atoms with Gasteiger partial charge in [0.2, 0.25) is 0 Å². The Bertz CT molecular complexity index is 851. The highest BCUT2D eigenvalue weighted by atomic mass is 16.5. The summed E-state index contributed by atoms with van der Waals surface area (Å²) in [4.78, 5) is 0. The molecule has 1 heterocycles. The van der Waals surface area contributed by atoms with Gasteiger partial charge in [-0.05, 0) is 87.4 Å². The third kappa shape index (κ3) is 2.97. The minimum absolute atomic E-state index is 0.234. The summed E-state index contributed by atoms with van der Waals surface area (Å²) in [7, 11) is 0. The highest BCUT2D eigenvalue weighted by molar-refractivity contribution is 5.33. The number of fused-ring (bicyclic) bond motifs is 2. The predicted octanol–water partition coefficient (Wildman–Crippen LogP) is 6.29. The van der Waals surface area contributed by atoms with Crippen molar-refractivity contribution in [3.63, 3.8) is 0 Å². The molecule has 0 aromatic rings. The second kappa shape index (κ2) is 7.20. The van der Waals surface area contributed by atoms with E-state index in [9.17, 15) is 10.2 Å². The monoisotopic (exact) mass is 456 g/mol. The maximum atomic E-state index is 10.9. The van der Waals surface area contributed by atoms with Crippen LogP contribution in [-0.2, 0) is 4.74 Å². The van der Waals surface area contributed by atoms with Crippen LogP contribution in [0.1, 0.15) is 93.4 Å². The molecular weight excluding hydrogens is 408 g/mol. The highest BCUT2D eigenvalue weighted by Gasteiger charge is 2.75. The Hall–Kier alpha value is -0.640. The molecule has 4 fully saturated rings. The molecule has 0 aromatic carbocycles. The van der Waals surface area contributed by atoms with Crippen molar-refractivity contribution in [1.29, 1.82) is 0 Å². The summed E-state index contributed by atoms with van der Waals surface area (Å²) in [5.74, 6) is 2.45. The van der Waals surface area contributed by atoms with Gasteiger partial charge in [0.05, 0.1) is 23.9 Å². The normalized spacial score (nSPS) is 51.3. The van der Waals surface area contributed by atoms with Crippen molar-refractivity contribution in [2.24, 2.45) is 45.3 Å². The van der Waals surface area contributed by atoms with Gasteiger partial charge in [0, 0.05) is 16.7 Å². The molecule has 1 saturated heterocycles. The van der Waals surface area contributed by atoms with E-state index in [4.69, 9.17) is 4.74 Å². The molecule has 5 aliphatic rings. The lowest BCUT2D eigenvalue weighted by Gasteiger charge is -2.65. The first-order valence-electron chi connectivity index (χ1n) is 13.7. The molecule has 2 bridgehead atoms. The number of aliphatic hydroxyl groups is 2. The molecule has 4 aliphatic carbocycles. The van der Waals surface area contributed by atoms with Crippen molar-refractivity contribution in [1.82, 2.24) is 0 Å². The van der Waals surface area contributed by atoms with E-state index in [0.29, 0.717) is 28.6 Å². The molecular formula is C30H48O3. The van der Waals surface area contributed by atoms with Crippen LogP contribution in [0.5, 0.6) is 0 Å². The van der Waals surface area contributed by atoms with E-state index >= 15 is 0 Å². The number of hydrogen-bond donors (Lipinski definition) is 2. The fourth-order valence-corrected chi connectivity index (χ4v) is 9.93. The van der Waals surface area contributed by atoms with Crippen molar-refractivity contribution >= 4 is 0 Å². The Morgan fingerprint density at radius 1 is 1.06 bits per heavy atom. The third-order valence-corrected chi connectivity index (χ3v) is 12.1. The minimum atomic E-state index is -0.728. The summed E-state index contributed by atoms with van der Waals surface area (Å²) in [6, 6.07) is 0. The van der Waals surface area contributed by atoms with Crippen LogP contribution in [0.4, 0.5) is 0 Å². The van der Waals surface area contributed by atoms with Crippen molar-refractivity contribution in [3.05, 3.63) is 24.3 Å². The van der Waals surface area contributed by atoms with Gasteiger partial charge >= 0.3 is 0 Å². The van der Waals surface area contributed by atoms with Crippen molar-refractivity contribution in [2.45, 2.75) is 111 Å². The molecule has 9 atom stereocenters. The van der Waals surface area contributed by atoms with E-state index in [2.05, 4.69) is 52.8 Å². The van der Waals surface area contributed by atoms with E-state index in [1.807, 2.05) is 19.9 Å². The van der Waals surface area contributed by atoms with Crippen LogP contribution in [0.2, 0.25) is 0 Å². The molecule has 1 aliphatic heterocycles. The van der Waals surface area contributed by atoms with Gasteiger partial charge in [0.1, 0.15) is 0 Å². The first kappa shape index (κ1) is 24.1. The van der Waals surface area contributed by atoms with Crippen LogP contribution in [0, 0.1) is 45.3 Å². The molecule has 3 heteroatoms. The van der Waals surface area contributed by atoms with E-state index in [1.54, 1.807) is 0 Å². The molecule has 0 amide bonds. The second-order valence-corrected chi connectivity index (χ2v) is 14.3. The number of allylic oxidation sites excluding steroid dienone is 2. The summed E-state index contributed by atoms with van der Waals surface area (Å²) in [5.41, 5.74) is -0.392. The van der Waals surface area contributed by atoms with Gasteiger partial charge < -0.3 is 14.9 Å². The van der Waals surface area contributed by atoms with Gasteiger partial charge in [-0.15, -0.1) is 0 Å². The molecule has 2 N–H and O–H groups in total. The third-order valence-electron chi connectivity index (χ3n) is 12.1. The zero-order valence-electron chi connectivity index (χ0n) is 22.2. The largest absolute Gasteiger partial charge is 0.392 e. The minimum Gasteiger partial charge on any atom is -0.392 e. The SMILES string of the molecule is C[C@@H](C/C=C/C(C)(C)O)[C@@H]1CC[C@]2(C)[C@H]3C=C[C@]45OC[C@@]3(CC[C@@]12C)[C@H]4CC[C@@H](O)C5(C)C. The topological polar surface area (TPSA) is 49.7 Å². The van der Waals surface area contributed by atoms with Gasteiger partial charge in [0.25, 0.3) is 0 Å². The highest BCUT2D eigenvalue weighted by Crippen LogP contribution is 2.77.